The summed E-state index contributed by atoms with van der Waals surface area (Å²) in [5.74, 6) is -0.700. The lowest BCUT2D eigenvalue weighted by Gasteiger charge is -1.88. The largest absolute Gasteiger partial charge is 0.368 e. The average molecular weight is 214 g/mol. The molecule has 0 bridgehead atoms. The lowest BCUT2D eigenvalue weighted by molar-refractivity contribution is -0.137. The van der Waals surface area contributed by atoms with E-state index in [0.717, 1.165) is 0 Å². The van der Waals surface area contributed by atoms with Gasteiger partial charge in [0, 0.05) is 0 Å². The van der Waals surface area contributed by atoms with Crippen molar-refractivity contribution in [1.82, 2.24) is 3.69 Å². The van der Waals surface area contributed by atoms with Gasteiger partial charge in [-0.1, -0.05) is 3.69 Å². The molecule has 0 aliphatic heterocycles. The van der Waals surface area contributed by atoms with Gasteiger partial charge < -0.3 is 10.2 Å². The van der Waals surface area contributed by atoms with Crippen LogP contribution in [0.15, 0.2) is 0 Å². The second-order valence-electron chi connectivity index (χ2n) is 0.643. The molecule has 0 aromatic heterocycles. The Morgan fingerprint density at radius 2 is 2.57 bits per heavy atom. The molecule has 0 rings (SSSR count). The summed E-state index contributed by atoms with van der Waals surface area (Å²) < 4.78 is 2.09. The van der Waals surface area contributed by atoms with E-state index in [0.29, 0.717) is 6.21 Å². The molecular weight excluding hydrogens is 211 g/mol. The fourth-order valence-electron chi connectivity index (χ4n) is 0.0675. The molecule has 0 unspecified atom stereocenters. The van der Waals surface area contributed by atoms with Crippen molar-refractivity contribution in [3.63, 3.8) is 0 Å². The molecule has 7 heavy (non-hydrogen) atoms. The first kappa shape index (κ1) is 6.83. The summed E-state index contributed by atoms with van der Waals surface area (Å²) >= 11 is 1.63. The van der Waals surface area contributed by atoms with Gasteiger partial charge in [-0.05, 0) is 0 Å². The molecule has 5 heteroatoms. The molecule has 0 aromatic carbocycles. The summed E-state index contributed by atoms with van der Waals surface area (Å²) in [6.07, 6.45) is 0.575. The van der Waals surface area contributed by atoms with Crippen molar-refractivity contribution in [3.8, 4) is 0 Å². The Labute approximate surface area is 54.2 Å². The molecule has 0 aromatic rings. The zero-order chi connectivity index (χ0) is 5.70. The standard InChI is InChI=1S/C2H3IN2O2/c3-5-7-2(6)1-4/h1,4-5H. The van der Waals surface area contributed by atoms with E-state index in [1.807, 2.05) is 0 Å². The number of carbonyl (C=O) groups excluding carboxylic acids is 1. The highest BCUT2D eigenvalue weighted by molar-refractivity contribution is 14.1. The first-order chi connectivity index (χ1) is 3.31. The van der Waals surface area contributed by atoms with E-state index in [1.54, 1.807) is 22.9 Å². The molecule has 0 aliphatic rings. The van der Waals surface area contributed by atoms with Gasteiger partial charge in [0.15, 0.2) is 0 Å². The maximum absolute atomic E-state index is 9.88. The predicted octanol–water partition coefficient (Wildman–Crippen LogP) is 0.0338. The molecule has 0 aliphatic carbocycles. The van der Waals surface area contributed by atoms with E-state index >= 15 is 0 Å². The molecular formula is C2H3IN2O2. The van der Waals surface area contributed by atoms with Crippen LogP contribution in [0.1, 0.15) is 0 Å². The second-order valence-corrected chi connectivity index (χ2v) is 1.08. The van der Waals surface area contributed by atoms with Crippen molar-refractivity contribution in [2.75, 3.05) is 0 Å². The average Bonchev–Trinajstić information content (AvgIpc) is 1.68. The SMILES string of the molecule is N=CC(=O)ONI. The number of carbonyl (C=O) groups is 1. The van der Waals surface area contributed by atoms with Crippen LogP contribution in [-0.2, 0) is 9.63 Å². The molecule has 0 saturated heterocycles. The predicted molar refractivity (Wildman–Crippen MR) is 32.0 cm³/mol. The van der Waals surface area contributed by atoms with E-state index in [-0.39, 0.29) is 0 Å². The lowest BCUT2D eigenvalue weighted by atomic mass is 10.8. The van der Waals surface area contributed by atoms with E-state index in [1.165, 1.54) is 0 Å². The Morgan fingerprint density at radius 1 is 2.00 bits per heavy atom. The summed E-state index contributed by atoms with van der Waals surface area (Å²) in [7, 11) is 0. The number of halogens is 1. The minimum Gasteiger partial charge on any atom is -0.356 e. The molecule has 0 atom stereocenters. The smallest absolute Gasteiger partial charge is 0.356 e. The van der Waals surface area contributed by atoms with E-state index < -0.39 is 5.97 Å². The Balaban J connectivity index is 3.17. The third-order valence-electron chi connectivity index (χ3n) is 0.257. The van der Waals surface area contributed by atoms with Crippen molar-refractivity contribution in [3.05, 3.63) is 0 Å². The highest BCUT2D eigenvalue weighted by atomic mass is 127. The number of hydrogen-bond acceptors (Lipinski definition) is 4. The van der Waals surface area contributed by atoms with Gasteiger partial charge in [-0.25, -0.2) is 4.79 Å². The van der Waals surface area contributed by atoms with Crippen molar-refractivity contribution < 1.29 is 9.63 Å². The van der Waals surface area contributed by atoms with Gasteiger partial charge in [-0.15, -0.1) is 0 Å². The minimum atomic E-state index is -0.700. The Morgan fingerprint density at radius 3 is 2.71 bits per heavy atom. The van der Waals surface area contributed by atoms with Gasteiger partial charge >= 0.3 is 5.97 Å². The van der Waals surface area contributed by atoms with Crippen molar-refractivity contribution in [1.29, 1.82) is 5.41 Å². The number of rotatable bonds is 2. The van der Waals surface area contributed by atoms with Crippen molar-refractivity contribution in [2.45, 2.75) is 0 Å². The summed E-state index contributed by atoms with van der Waals surface area (Å²) in [4.78, 5) is 13.9. The van der Waals surface area contributed by atoms with Gasteiger partial charge in [0.05, 0.1) is 22.9 Å². The van der Waals surface area contributed by atoms with Crippen molar-refractivity contribution >= 4 is 35.0 Å². The summed E-state index contributed by atoms with van der Waals surface area (Å²) in [6, 6.07) is 0. The third kappa shape index (κ3) is 3.67. The summed E-state index contributed by atoms with van der Waals surface area (Å²) in [5, 5.41) is 6.27. The summed E-state index contributed by atoms with van der Waals surface area (Å²) in [5.41, 5.74) is 0. The van der Waals surface area contributed by atoms with Gasteiger partial charge in [0.25, 0.3) is 0 Å². The lowest BCUT2D eigenvalue weighted by Crippen LogP contribution is -2.09. The molecule has 0 saturated carbocycles. The minimum absolute atomic E-state index is 0.575. The van der Waals surface area contributed by atoms with E-state index in [2.05, 4.69) is 8.53 Å². The molecule has 0 spiro atoms. The highest BCUT2D eigenvalue weighted by Gasteiger charge is 1.89. The first-order valence-electron chi connectivity index (χ1n) is 1.38. The van der Waals surface area contributed by atoms with Crippen molar-refractivity contribution in [2.24, 2.45) is 0 Å². The Hall–Kier alpha value is -0.170. The van der Waals surface area contributed by atoms with Crippen LogP contribution in [0.4, 0.5) is 0 Å². The fraction of sp³-hybridized carbons (Fsp3) is 0. The van der Waals surface area contributed by atoms with Gasteiger partial charge in [0.1, 0.15) is 6.21 Å². The van der Waals surface area contributed by atoms with Crippen LogP contribution in [0.3, 0.4) is 0 Å². The van der Waals surface area contributed by atoms with Gasteiger partial charge in [0.2, 0.25) is 0 Å². The zero-order valence-electron chi connectivity index (χ0n) is 3.27. The molecule has 2 N–H and O–H groups in total. The monoisotopic (exact) mass is 214 g/mol. The van der Waals surface area contributed by atoms with Crippen LogP contribution in [0.25, 0.3) is 0 Å². The number of nitrogens with one attached hydrogen (secondary N) is 2. The van der Waals surface area contributed by atoms with E-state index in [9.17, 15) is 4.79 Å². The fourth-order valence-corrected chi connectivity index (χ4v) is 0.285. The molecule has 4 nitrogen and oxygen atoms in total. The molecule has 0 radical (unpaired) electrons. The van der Waals surface area contributed by atoms with Crippen LogP contribution >= 0.6 is 22.9 Å². The Kier molecular flexibility index (Phi) is 3.90. The normalized spacial score (nSPS) is 7.57. The quantitative estimate of drug-likeness (QED) is 0.295. The van der Waals surface area contributed by atoms with Crippen LogP contribution in [0.5, 0.6) is 0 Å². The van der Waals surface area contributed by atoms with Crippen LogP contribution in [-0.4, -0.2) is 12.2 Å². The first-order valence-corrected chi connectivity index (χ1v) is 2.46. The Bertz CT molecular complexity index is 83.8. The molecule has 0 amide bonds. The molecule has 0 fully saturated rings. The molecule has 0 heterocycles. The highest BCUT2D eigenvalue weighted by Crippen LogP contribution is 1.70. The third-order valence-corrected chi connectivity index (χ3v) is 0.477. The van der Waals surface area contributed by atoms with Gasteiger partial charge in [-0.2, -0.15) is 0 Å². The van der Waals surface area contributed by atoms with Crippen LogP contribution in [0.2, 0.25) is 0 Å². The topological polar surface area (TPSA) is 62.2 Å². The van der Waals surface area contributed by atoms with Crippen LogP contribution < -0.4 is 3.69 Å². The zero-order valence-corrected chi connectivity index (χ0v) is 5.43. The maximum Gasteiger partial charge on any atom is 0.368 e. The maximum atomic E-state index is 9.88. The second kappa shape index (κ2) is 4.00. The van der Waals surface area contributed by atoms with E-state index in [4.69, 9.17) is 5.41 Å². The van der Waals surface area contributed by atoms with Crippen LogP contribution in [0, 0.1) is 5.41 Å². The summed E-state index contributed by atoms with van der Waals surface area (Å²) in [6.45, 7) is 0. The number of hydrogen-bond donors (Lipinski definition) is 2. The molecule has 40 valence electrons. The van der Waals surface area contributed by atoms with Gasteiger partial charge in [-0.3, -0.25) is 0 Å².